The Kier molecular flexibility index (Phi) is 2.37. The summed E-state index contributed by atoms with van der Waals surface area (Å²) in [6.45, 7) is 0.717. The van der Waals surface area contributed by atoms with Gasteiger partial charge in [0, 0.05) is 13.1 Å². The van der Waals surface area contributed by atoms with Crippen molar-refractivity contribution in [3.8, 4) is 0 Å². The van der Waals surface area contributed by atoms with Crippen LogP contribution in [0.2, 0.25) is 0 Å². The van der Waals surface area contributed by atoms with Gasteiger partial charge in [-0.3, -0.25) is 14.5 Å². The summed E-state index contributed by atoms with van der Waals surface area (Å²) >= 11 is 0. The molecule has 0 saturated carbocycles. The molecule has 14 heavy (non-hydrogen) atoms. The third-order valence-corrected chi connectivity index (χ3v) is 2.95. The zero-order chi connectivity index (χ0) is 10.1. The van der Waals surface area contributed by atoms with Crippen LogP contribution in [-0.2, 0) is 9.59 Å². The number of carbonyl (C=O) groups excluding carboxylic acids is 2. The molecule has 0 spiro atoms. The number of nitrogens with zero attached hydrogens (tertiary/aromatic N) is 1. The lowest BCUT2D eigenvalue weighted by molar-refractivity contribution is -0.139. The minimum absolute atomic E-state index is 0.0326. The van der Waals surface area contributed by atoms with Gasteiger partial charge in [-0.2, -0.15) is 0 Å². The molecule has 76 valence electrons. The molecule has 2 amide bonds. The van der Waals surface area contributed by atoms with Crippen LogP contribution in [0.25, 0.3) is 0 Å². The van der Waals surface area contributed by atoms with Crippen LogP contribution in [0.15, 0.2) is 12.2 Å². The minimum Gasteiger partial charge on any atom is -0.329 e. The summed E-state index contributed by atoms with van der Waals surface area (Å²) in [4.78, 5) is 24.8. The molecule has 1 aliphatic carbocycles. The average Bonchev–Trinajstić information content (AvgIpc) is 2.45. The van der Waals surface area contributed by atoms with Gasteiger partial charge in [-0.1, -0.05) is 12.2 Å². The standard InChI is InChI=1S/C10H14N2O2/c11-5-6-12-9(13)7-3-1-2-4-8(7)10(12)14/h1-2,7-8H,3-6,11H2/t7-,8-/m0/s1. The van der Waals surface area contributed by atoms with E-state index in [-0.39, 0.29) is 23.7 Å². The van der Waals surface area contributed by atoms with Crippen molar-refractivity contribution in [3.63, 3.8) is 0 Å². The third-order valence-electron chi connectivity index (χ3n) is 2.95. The van der Waals surface area contributed by atoms with Gasteiger partial charge < -0.3 is 5.73 Å². The number of hydrogen-bond acceptors (Lipinski definition) is 3. The number of carbonyl (C=O) groups is 2. The number of likely N-dealkylation sites (tertiary alicyclic amines) is 1. The van der Waals surface area contributed by atoms with Crippen molar-refractivity contribution in [3.05, 3.63) is 12.2 Å². The van der Waals surface area contributed by atoms with Crippen LogP contribution in [0.4, 0.5) is 0 Å². The van der Waals surface area contributed by atoms with Gasteiger partial charge in [-0.25, -0.2) is 0 Å². The Bertz CT molecular complexity index is 272. The molecule has 2 rings (SSSR count). The van der Waals surface area contributed by atoms with Crippen LogP contribution in [0, 0.1) is 11.8 Å². The van der Waals surface area contributed by atoms with Crippen molar-refractivity contribution in [1.82, 2.24) is 4.90 Å². The van der Waals surface area contributed by atoms with Crippen LogP contribution in [0.1, 0.15) is 12.8 Å². The van der Waals surface area contributed by atoms with Gasteiger partial charge in [0.2, 0.25) is 11.8 Å². The smallest absolute Gasteiger partial charge is 0.233 e. The van der Waals surface area contributed by atoms with E-state index in [9.17, 15) is 9.59 Å². The van der Waals surface area contributed by atoms with E-state index < -0.39 is 0 Å². The van der Waals surface area contributed by atoms with E-state index in [1.807, 2.05) is 12.2 Å². The molecular formula is C10H14N2O2. The molecule has 0 aromatic heterocycles. The molecule has 2 N–H and O–H groups in total. The van der Waals surface area contributed by atoms with Gasteiger partial charge in [0.05, 0.1) is 11.8 Å². The predicted molar refractivity (Wildman–Crippen MR) is 51.1 cm³/mol. The summed E-state index contributed by atoms with van der Waals surface area (Å²) < 4.78 is 0. The molecule has 4 heteroatoms. The molecule has 1 fully saturated rings. The van der Waals surface area contributed by atoms with Crippen LogP contribution >= 0.6 is 0 Å². The van der Waals surface area contributed by atoms with E-state index in [0.717, 1.165) is 0 Å². The highest BCUT2D eigenvalue weighted by molar-refractivity contribution is 6.05. The van der Waals surface area contributed by atoms with Crippen LogP contribution in [-0.4, -0.2) is 29.8 Å². The van der Waals surface area contributed by atoms with Gasteiger partial charge in [0.15, 0.2) is 0 Å². The van der Waals surface area contributed by atoms with Crippen molar-refractivity contribution in [2.75, 3.05) is 13.1 Å². The summed E-state index contributed by atoms with van der Waals surface area (Å²) in [5, 5.41) is 0. The van der Waals surface area contributed by atoms with E-state index in [1.54, 1.807) is 0 Å². The first-order chi connectivity index (χ1) is 6.75. The number of amides is 2. The molecule has 2 aliphatic rings. The van der Waals surface area contributed by atoms with Gasteiger partial charge in [-0.15, -0.1) is 0 Å². The molecule has 1 saturated heterocycles. The number of hydrogen-bond donors (Lipinski definition) is 1. The van der Waals surface area contributed by atoms with Crippen molar-refractivity contribution < 1.29 is 9.59 Å². The zero-order valence-electron chi connectivity index (χ0n) is 7.98. The monoisotopic (exact) mass is 194 g/mol. The molecular weight excluding hydrogens is 180 g/mol. The molecule has 2 atom stereocenters. The number of allylic oxidation sites excluding steroid dienone is 2. The topological polar surface area (TPSA) is 63.4 Å². The first-order valence-electron chi connectivity index (χ1n) is 4.96. The maximum Gasteiger partial charge on any atom is 0.233 e. The van der Waals surface area contributed by atoms with E-state index in [1.165, 1.54) is 4.90 Å². The lowest BCUT2D eigenvalue weighted by atomic mass is 9.85. The Morgan fingerprint density at radius 2 is 1.71 bits per heavy atom. The highest BCUT2D eigenvalue weighted by Gasteiger charge is 2.46. The maximum atomic E-state index is 11.8. The summed E-state index contributed by atoms with van der Waals surface area (Å²) in [5.74, 6) is -0.289. The Hall–Kier alpha value is -1.16. The SMILES string of the molecule is NCCN1C(=O)[C@H]2CC=CC[C@@H]2C1=O. The molecule has 0 radical (unpaired) electrons. The van der Waals surface area contributed by atoms with Crippen molar-refractivity contribution in [2.45, 2.75) is 12.8 Å². The molecule has 1 heterocycles. The van der Waals surface area contributed by atoms with E-state index in [4.69, 9.17) is 5.73 Å². The summed E-state index contributed by atoms with van der Waals surface area (Å²) in [7, 11) is 0. The van der Waals surface area contributed by atoms with Crippen molar-refractivity contribution >= 4 is 11.8 Å². The fourth-order valence-corrected chi connectivity index (χ4v) is 2.22. The highest BCUT2D eigenvalue weighted by Crippen LogP contribution is 2.34. The Balaban J connectivity index is 2.19. The minimum atomic E-state index is -0.112. The Morgan fingerprint density at radius 1 is 1.21 bits per heavy atom. The number of rotatable bonds is 2. The quantitative estimate of drug-likeness (QED) is 0.493. The maximum absolute atomic E-state index is 11.8. The van der Waals surface area contributed by atoms with Crippen LogP contribution in [0.3, 0.4) is 0 Å². The lowest BCUT2D eigenvalue weighted by Crippen LogP contribution is -2.35. The molecule has 4 nitrogen and oxygen atoms in total. The van der Waals surface area contributed by atoms with Gasteiger partial charge in [0.25, 0.3) is 0 Å². The van der Waals surface area contributed by atoms with E-state index >= 15 is 0 Å². The lowest BCUT2D eigenvalue weighted by Gasteiger charge is -2.14. The predicted octanol–water partition coefficient (Wildman–Crippen LogP) is -0.104. The van der Waals surface area contributed by atoms with Crippen LogP contribution < -0.4 is 5.73 Å². The molecule has 0 aromatic carbocycles. The number of nitrogens with two attached hydrogens (primary N) is 1. The number of imide groups is 1. The molecule has 0 bridgehead atoms. The number of fused-ring (bicyclic) bond motifs is 1. The average molecular weight is 194 g/mol. The first kappa shape index (κ1) is 9.40. The van der Waals surface area contributed by atoms with E-state index in [0.29, 0.717) is 25.9 Å². The summed E-state index contributed by atoms with van der Waals surface area (Å²) in [6, 6.07) is 0. The van der Waals surface area contributed by atoms with Crippen LogP contribution in [0.5, 0.6) is 0 Å². The normalized spacial score (nSPS) is 31.1. The summed E-state index contributed by atoms with van der Waals surface area (Å²) in [6.07, 6.45) is 5.38. The second-order valence-corrected chi connectivity index (χ2v) is 3.77. The van der Waals surface area contributed by atoms with Crippen molar-refractivity contribution in [1.29, 1.82) is 0 Å². The second-order valence-electron chi connectivity index (χ2n) is 3.77. The van der Waals surface area contributed by atoms with Gasteiger partial charge >= 0.3 is 0 Å². The fourth-order valence-electron chi connectivity index (χ4n) is 2.22. The molecule has 0 unspecified atom stereocenters. The molecule has 0 aromatic rings. The Morgan fingerprint density at radius 3 is 2.14 bits per heavy atom. The molecule has 1 aliphatic heterocycles. The van der Waals surface area contributed by atoms with E-state index in [2.05, 4.69) is 0 Å². The zero-order valence-corrected chi connectivity index (χ0v) is 7.98. The summed E-state index contributed by atoms with van der Waals surface area (Å²) in [5.41, 5.74) is 5.36. The first-order valence-corrected chi connectivity index (χ1v) is 4.96. The second kappa shape index (κ2) is 3.53. The van der Waals surface area contributed by atoms with Crippen molar-refractivity contribution in [2.24, 2.45) is 17.6 Å². The van der Waals surface area contributed by atoms with Gasteiger partial charge in [0.1, 0.15) is 0 Å². The third kappa shape index (κ3) is 1.26. The highest BCUT2D eigenvalue weighted by atomic mass is 16.2. The largest absolute Gasteiger partial charge is 0.329 e. The van der Waals surface area contributed by atoms with Gasteiger partial charge in [-0.05, 0) is 12.8 Å². The fraction of sp³-hybridized carbons (Fsp3) is 0.600. The Labute approximate surface area is 82.7 Å².